The molecule has 0 bridgehead atoms. The molecule has 1 aromatic carbocycles. The van der Waals surface area contributed by atoms with E-state index >= 15 is 0 Å². The number of aryl methyl sites for hydroxylation is 1. The molecule has 2 N–H and O–H groups in total. The van der Waals surface area contributed by atoms with Crippen LogP contribution in [0.15, 0.2) is 30.5 Å². The van der Waals surface area contributed by atoms with Gasteiger partial charge >= 0.3 is 0 Å². The van der Waals surface area contributed by atoms with Crippen LogP contribution in [0.1, 0.15) is 29.9 Å². The molecule has 6 heteroatoms. The number of carbonyl (C=O) groups excluding carboxylic acids is 1. The van der Waals surface area contributed by atoms with E-state index in [1.54, 1.807) is 19.4 Å². The zero-order valence-corrected chi connectivity index (χ0v) is 13.9. The van der Waals surface area contributed by atoms with Crippen molar-refractivity contribution < 1.29 is 9.53 Å². The molecule has 1 aromatic heterocycles. The van der Waals surface area contributed by atoms with Gasteiger partial charge in [0.2, 0.25) is 5.95 Å². The number of methoxy groups -OCH3 is 1. The molecule has 6 nitrogen and oxygen atoms in total. The smallest absolute Gasteiger partial charge is 0.270 e. The van der Waals surface area contributed by atoms with E-state index in [4.69, 9.17) is 4.74 Å². The summed E-state index contributed by atoms with van der Waals surface area (Å²) in [6.07, 6.45) is 1.56. The number of aromatic nitrogens is 2. The number of nitrogens with zero attached hydrogens (tertiary/aromatic N) is 2. The molecule has 0 unspecified atom stereocenters. The Labute approximate surface area is 136 Å². The summed E-state index contributed by atoms with van der Waals surface area (Å²) in [6, 6.07) is 7.36. The number of benzene rings is 1. The monoisotopic (exact) mass is 314 g/mol. The first-order valence-electron chi connectivity index (χ1n) is 7.52. The number of hydrogen-bond donors (Lipinski definition) is 2. The SMILES string of the molecule is COc1ccc(C)cc1Nc1nccc(C(=O)NCC(C)C)n1. The Morgan fingerprint density at radius 1 is 1.30 bits per heavy atom. The van der Waals surface area contributed by atoms with Crippen LogP contribution in [0.3, 0.4) is 0 Å². The Morgan fingerprint density at radius 2 is 2.09 bits per heavy atom. The number of carbonyl (C=O) groups is 1. The minimum absolute atomic E-state index is 0.208. The maximum absolute atomic E-state index is 12.1. The van der Waals surface area contributed by atoms with Crippen LogP contribution in [0.4, 0.5) is 11.6 Å². The molecule has 1 amide bonds. The average Bonchev–Trinajstić information content (AvgIpc) is 2.53. The van der Waals surface area contributed by atoms with E-state index in [1.807, 2.05) is 39.0 Å². The van der Waals surface area contributed by atoms with Crippen molar-refractivity contribution >= 4 is 17.5 Å². The maximum atomic E-state index is 12.1. The number of rotatable bonds is 6. The van der Waals surface area contributed by atoms with Crippen LogP contribution < -0.4 is 15.4 Å². The summed E-state index contributed by atoms with van der Waals surface area (Å²) in [7, 11) is 1.60. The Hall–Kier alpha value is -2.63. The molecule has 0 aliphatic rings. The first-order chi connectivity index (χ1) is 11.0. The van der Waals surface area contributed by atoms with Gasteiger partial charge in [0, 0.05) is 12.7 Å². The number of amides is 1. The van der Waals surface area contributed by atoms with Gasteiger partial charge in [-0.2, -0.15) is 0 Å². The number of nitrogens with one attached hydrogen (secondary N) is 2. The third-order valence-electron chi connectivity index (χ3n) is 3.16. The predicted octanol–water partition coefficient (Wildman–Crippen LogP) is 2.92. The molecule has 0 saturated carbocycles. The van der Waals surface area contributed by atoms with Crippen molar-refractivity contribution in [2.24, 2.45) is 5.92 Å². The average molecular weight is 314 g/mol. The van der Waals surface area contributed by atoms with Crippen molar-refractivity contribution in [1.29, 1.82) is 0 Å². The second-order valence-corrected chi connectivity index (χ2v) is 5.70. The molecule has 23 heavy (non-hydrogen) atoms. The second kappa shape index (κ2) is 7.58. The van der Waals surface area contributed by atoms with Gasteiger partial charge < -0.3 is 15.4 Å². The van der Waals surface area contributed by atoms with E-state index in [0.29, 0.717) is 29.9 Å². The standard InChI is InChI=1S/C17H22N4O2/c1-11(2)10-19-16(22)13-7-8-18-17(20-13)21-14-9-12(3)5-6-15(14)23-4/h5-9,11H,10H2,1-4H3,(H,19,22)(H,18,20,21). The van der Waals surface area contributed by atoms with Crippen LogP contribution >= 0.6 is 0 Å². The lowest BCUT2D eigenvalue weighted by Gasteiger charge is -2.11. The Balaban J connectivity index is 2.17. The van der Waals surface area contributed by atoms with Gasteiger partial charge in [-0.1, -0.05) is 19.9 Å². The number of anilines is 2. The summed E-state index contributed by atoms with van der Waals surface area (Å²) < 4.78 is 5.32. The molecule has 0 atom stereocenters. The van der Waals surface area contributed by atoms with Crippen LogP contribution in [-0.2, 0) is 0 Å². The van der Waals surface area contributed by atoms with Gasteiger partial charge in [-0.15, -0.1) is 0 Å². The Morgan fingerprint density at radius 3 is 2.78 bits per heavy atom. The van der Waals surface area contributed by atoms with E-state index in [1.165, 1.54) is 0 Å². The van der Waals surface area contributed by atoms with E-state index in [9.17, 15) is 4.79 Å². The highest BCUT2D eigenvalue weighted by Gasteiger charge is 2.10. The third-order valence-corrected chi connectivity index (χ3v) is 3.16. The first-order valence-corrected chi connectivity index (χ1v) is 7.52. The van der Waals surface area contributed by atoms with Crippen molar-refractivity contribution in [2.75, 3.05) is 19.0 Å². The van der Waals surface area contributed by atoms with Gasteiger partial charge in [-0.05, 0) is 36.6 Å². The highest BCUT2D eigenvalue weighted by atomic mass is 16.5. The largest absolute Gasteiger partial charge is 0.495 e. The molecule has 0 aliphatic heterocycles. The fourth-order valence-corrected chi connectivity index (χ4v) is 1.97. The molecule has 1 heterocycles. The zero-order valence-electron chi connectivity index (χ0n) is 13.9. The summed E-state index contributed by atoms with van der Waals surface area (Å²) in [4.78, 5) is 20.5. The summed E-state index contributed by atoms with van der Waals surface area (Å²) in [5, 5.41) is 5.94. The molecule has 122 valence electrons. The Bertz CT molecular complexity index is 686. The molecule has 0 fully saturated rings. The van der Waals surface area contributed by atoms with Crippen molar-refractivity contribution in [1.82, 2.24) is 15.3 Å². The molecular formula is C17H22N4O2. The minimum atomic E-state index is -0.208. The van der Waals surface area contributed by atoms with Gasteiger partial charge in [-0.3, -0.25) is 4.79 Å². The van der Waals surface area contributed by atoms with E-state index < -0.39 is 0 Å². The van der Waals surface area contributed by atoms with Gasteiger partial charge in [0.05, 0.1) is 12.8 Å². The predicted molar refractivity (Wildman–Crippen MR) is 90.2 cm³/mol. The fourth-order valence-electron chi connectivity index (χ4n) is 1.97. The van der Waals surface area contributed by atoms with E-state index in [2.05, 4.69) is 20.6 Å². The number of ether oxygens (including phenoxy) is 1. The quantitative estimate of drug-likeness (QED) is 0.857. The summed E-state index contributed by atoms with van der Waals surface area (Å²) >= 11 is 0. The molecule has 2 aromatic rings. The first kappa shape index (κ1) is 16.7. The topological polar surface area (TPSA) is 76.1 Å². The summed E-state index contributed by atoms with van der Waals surface area (Å²) in [5.41, 5.74) is 2.17. The van der Waals surface area contributed by atoms with Crippen molar-refractivity contribution in [3.8, 4) is 5.75 Å². The lowest BCUT2D eigenvalue weighted by molar-refractivity contribution is 0.0944. The van der Waals surface area contributed by atoms with E-state index in [0.717, 1.165) is 11.3 Å². The van der Waals surface area contributed by atoms with Gasteiger partial charge in [0.1, 0.15) is 11.4 Å². The van der Waals surface area contributed by atoms with Crippen LogP contribution in [0.25, 0.3) is 0 Å². The number of hydrogen-bond acceptors (Lipinski definition) is 5. The lowest BCUT2D eigenvalue weighted by atomic mass is 10.2. The molecule has 0 aliphatic carbocycles. The molecule has 2 rings (SSSR count). The fraction of sp³-hybridized carbons (Fsp3) is 0.353. The van der Waals surface area contributed by atoms with Crippen molar-refractivity contribution in [2.45, 2.75) is 20.8 Å². The Kier molecular flexibility index (Phi) is 5.51. The molecular weight excluding hydrogens is 292 g/mol. The summed E-state index contributed by atoms with van der Waals surface area (Å²) in [6.45, 7) is 6.67. The molecule has 0 spiro atoms. The molecule has 0 radical (unpaired) electrons. The normalized spacial score (nSPS) is 10.5. The third kappa shape index (κ3) is 4.67. The van der Waals surface area contributed by atoms with Crippen LogP contribution in [0.2, 0.25) is 0 Å². The van der Waals surface area contributed by atoms with Crippen LogP contribution in [0.5, 0.6) is 5.75 Å². The molecule has 0 saturated heterocycles. The van der Waals surface area contributed by atoms with Crippen molar-refractivity contribution in [3.05, 3.63) is 41.7 Å². The van der Waals surface area contributed by atoms with Gasteiger partial charge in [0.25, 0.3) is 5.91 Å². The zero-order chi connectivity index (χ0) is 16.8. The van der Waals surface area contributed by atoms with Crippen LogP contribution in [0, 0.1) is 12.8 Å². The summed E-state index contributed by atoms with van der Waals surface area (Å²) in [5.74, 6) is 1.22. The van der Waals surface area contributed by atoms with E-state index in [-0.39, 0.29) is 5.91 Å². The maximum Gasteiger partial charge on any atom is 0.270 e. The lowest BCUT2D eigenvalue weighted by Crippen LogP contribution is -2.28. The minimum Gasteiger partial charge on any atom is -0.495 e. The van der Waals surface area contributed by atoms with Crippen molar-refractivity contribution in [3.63, 3.8) is 0 Å². The van der Waals surface area contributed by atoms with Gasteiger partial charge in [0.15, 0.2) is 0 Å². The highest BCUT2D eigenvalue weighted by molar-refractivity contribution is 5.92. The van der Waals surface area contributed by atoms with Gasteiger partial charge in [-0.25, -0.2) is 9.97 Å². The second-order valence-electron chi connectivity index (χ2n) is 5.70. The van der Waals surface area contributed by atoms with Crippen LogP contribution in [-0.4, -0.2) is 29.5 Å². The highest BCUT2D eigenvalue weighted by Crippen LogP contribution is 2.27.